The fourth-order valence-corrected chi connectivity index (χ4v) is 3.63. The van der Waals surface area contributed by atoms with Crippen LogP contribution < -0.4 is 10.6 Å². The zero-order valence-electron chi connectivity index (χ0n) is 12.4. The van der Waals surface area contributed by atoms with Gasteiger partial charge in [-0.2, -0.15) is 0 Å². The summed E-state index contributed by atoms with van der Waals surface area (Å²) in [5, 5.41) is 16.0. The van der Waals surface area contributed by atoms with Crippen LogP contribution in [0.15, 0.2) is 24.3 Å². The molecule has 0 spiro atoms. The van der Waals surface area contributed by atoms with Gasteiger partial charge in [-0.25, -0.2) is 0 Å². The van der Waals surface area contributed by atoms with Crippen LogP contribution in [-0.4, -0.2) is 30.7 Å². The van der Waals surface area contributed by atoms with Crippen LogP contribution >= 0.6 is 0 Å². The van der Waals surface area contributed by atoms with Crippen LogP contribution in [0.1, 0.15) is 42.9 Å². The summed E-state index contributed by atoms with van der Waals surface area (Å²) in [6.45, 7) is 1.59. The Morgan fingerprint density at radius 3 is 2.86 bits per heavy atom. The Labute approximate surface area is 125 Å². The van der Waals surface area contributed by atoms with E-state index in [2.05, 4.69) is 16.7 Å². The maximum Gasteiger partial charge on any atom is 0.241 e. The molecule has 4 heteroatoms. The van der Waals surface area contributed by atoms with Crippen LogP contribution in [0.3, 0.4) is 0 Å². The van der Waals surface area contributed by atoms with Gasteiger partial charge in [0.25, 0.3) is 0 Å². The van der Waals surface area contributed by atoms with Crippen molar-refractivity contribution in [2.45, 2.75) is 38.1 Å². The third-order valence-corrected chi connectivity index (χ3v) is 5.01. The molecular weight excluding hydrogens is 264 g/mol. The van der Waals surface area contributed by atoms with Crippen molar-refractivity contribution >= 4 is 5.91 Å². The number of rotatable bonds is 4. The molecule has 0 saturated heterocycles. The highest BCUT2D eigenvalue weighted by molar-refractivity contribution is 5.84. The van der Waals surface area contributed by atoms with E-state index in [9.17, 15) is 9.90 Å². The van der Waals surface area contributed by atoms with Crippen LogP contribution in [0.5, 0.6) is 0 Å². The Hall–Kier alpha value is -1.39. The number of benzene rings is 1. The maximum atomic E-state index is 12.5. The summed E-state index contributed by atoms with van der Waals surface area (Å²) in [6.07, 6.45) is 5.30. The quantitative estimate of drug-likeness (QED) is 0.787. The maximum absolute atomic E-state index is 12.5. The van der Waals surface area contributed by atoms with E-state index in [1.165, 1.54) is 5.56 Å². The molecule has 0 radical (unpaired) electrons. The molecule has 0 aromatic heterocycles. The van der Waals surface area contributed by atoms with Gasteiger partial charge in [-0.3, -0.25) is 4.79 Å². The van der Waals surface area contributed by atoms with E-state index in [1.54, 1.807) is 0 Å². The summed E-state index contributed by atoms with van der Waals surface area (Å²) in [6, 6.07) is 7.88. The van der Waals surface area contributed by atoms with Gasteiger partial charge in [0.05, 0.1) is 6.61 Å². The zero-order chi connectivity index (χ0) is 14.7. The Balaban J connectivity index is 1.66. The van der Waals surface area contributed by atoms with Gasteiger partial charge in [0, 0.05) is 18.5 Å². The van der Waals surface area contributed by atoms with E-state index in [4.69, 9.17) is 0 Å². The molecule has 4 nitrogen and oxygen atoms in total. The summed E-state index contributed by atoms with van der Waals surface area (Å²) in [5.41, 5.74) is 2.25. The largest absolute Gasteiger partial charge is 0.396 e. The zero-order valence-corrected chi connectivity index (χ0v) is 12.4. The highest BCUT2D eigenvalue weighted by Gasteiger charge is 2.34. The van der Waals surface area contributed by atoms with Crippen molar-refractivity contribution in [3.63, 3.8) is 0 Å². The number of carbonyl (C=O) groups is 1. The average Bonchev–Trinajstić information content (AvgIpc) is 3.01. The van der Waals surface area contributed by atoms with Crippen LogP contribution in [-0.2, 0) is 11.2 Å². The molecule has 1 amide bonds. The molecule has 1 aromatic rings. The minimum Gasteiger partial charge on any atom is -0.396 e. The first-order valence-electron chi connectivity index (χ1n) is 7.94. The topological polar surface area (TPSA) is 61.4 Å². The molecule has 21 heavy (non-hydrogen) atoms. The first kappa shape index (κ1) is 14.5. The summed E-state index contributed by atoms with van der Waals surface area (Å²) in [5.74, 6) is 0.0295. The minimum absolute atomic E-state index is 0.0295. The van der Waals surface area contributed by atoms with Gasteiger partial charge in [0.15, 0.2) is 0 Å². The van der Waals surface area contributed by atoms with E-state index in [-0.39, 0.29) is 24.0 Å². The highest BCUT2D eigenvalue weighted by atomic mass is 16.3. The smallest absolute Gasteiger partial charge is 0.241 e. The van der Waals surface area contributed by atoms with Crippen molar-refractivity contribution < 1.29 is 9.90 Å². The molecule has 1 aliphatic carbocycles. The number of fused-ring (bicyclic) bond motifs is 1. The van der Waals surface area contributed by atoms with E-state index in [0.717, 1.165) is 44.2 Å². The highest BCUT2D eigenvalue weighted by Crippen LogP contribution is 2.37. The molecular formula is C17H24N2O2. The molecule has 3 rings (SSSR count). The number of aliphatic hydroxyl groups is 1. The fraction of sp³-hybridized carbons (Fsp3) is 0.588. The molecule has 1 fully saturated rings. The van der Waals surface area contributed by atoms with Crippen molar-refractivity contribution in [1.29, 1.82) is 0 Å². The van der Waals surface area contributed by atoms with Crippen molar-refractivity contribution in [2.75, 3.05) is 19.7 Å². The van der Waals surface area contributed by atoms with E-state index in [0.29, 0.717) is 6.54 Å². The lowest BCUT2D eigenvalue weighted by Gasteiger charge is -2.30. The molecule has 3 N–H and O–H groups in total. The lowest BCUT2D eigenvalue weighted by molar-refractivity contribution is -0.124. The molecule has 114 valence electrons. The SMILES string of the molecule is O=C(NCC1(CO)CCCC1)C1NCCc2ccccc21. The van der Waals surface area contributed by atoms with Crippen molar-refractivity contribution in [3.05, 3.63) is 35.4 Å². The van der Waals surface area contributed by atoms with Crippen molar-refractivity contribution in [2.24, 2.45) is 5.41 Å². The van der Waals surface area contributed by atoms with Crippen molar-refractivity contribution in [1.82, 2.24) is 10.6 Å². The van der Waals surface area contributed by atoms with Gasteiger partial charge in [0.1, 0.15) is 6.04 Å². The molecule has 1 unspecified atom stereocenters. The first-order valence-corrected chi connectivity index (χ1v) is 7.94. The second-order valence-corrected chi connectivity index (χ2v) is 6.42. The molecule has 2 aliphatic rings. The summed E-state index contributed by atoms with van der Waals surface area (Å²) < 4.78 is 0. The second kappa shape index (κ2) is 6.16. The second-order valence-electron chi connectivity index (χ2n) is 6.42. The number of aliphatic hydroxyl groups excluding tert-OH is 1. The molecule has 1 atom stereocenters. The third kappa shape index (κ3) is 2.97. The van der Waals surface area contributed by atoms with Crippen LogP contribution in [0.4, 0.5) is 0 Å². The molecule has 1 aromatic carbocycles. The monoisotopic (exact) mass is 288 g/mol. The summed E-state index contributed by atoms with van der Waals surface area (Å²) in [4.78, 5) is 12.5. The van der Waals surface area contributed by atoms with Crippen LogP contribution in [0.25, 0.3) is 0 Å². The summed E-state index contributed by atoms with van der Waals surface area (Å²) >= 11 is 0. The van der Waals surface area contributed by atoms with E-state index in [1.807, 2.05) is 18.2 Å². The average molecular weight is 288 g/mol. The van der Waals surface area contributed by atoms with E-state index < -0.39 is 0 Å². The van der Waals surface area contributed by atoms with Gasteiger partial charge in [-0.15, -0.1) is 0 Å². The third-order valence-electron chi connectivity index (χ3n) is 5.01. The first-order chi connectivity index (χ1) is 10.2. The minimum atomic E-state index is -0.257. The molecule has 1 heterocycles. The van der Waals surface area contributed by atoms with Gasteiger partial charge < -0.3 is 15.7 Å². The predicted octanol–water partition coefficient (Wildman–Crippen LogP) is 1.54. The molecule has 1 aliphatic heterocycles. The normalized spacial score (nSPS) is 23.6. The van der Waals surface area contributed by atoms with Crippen LogP contribution in [0, 0.1) is 5.41 Å². The lowest BCUT2D eigenvalue weighted by atomic mass is 9.87. The number of carbonyl (C=O) groups excluding carboxylic acids is 1. The Morgan fingerprint density at radius 1 is 1.33 bits per heavy atom. The standard InChI is InChI=1S/C17H24N2O2/c20-12-17(8-3-4-9-17)11-19-16(21)15-14-6-2-1-5-13(14)7-10-18-15/h1-2,5-6,15,18,20H,3-4,7-12H2,(H,19,21). The number of nitrogens with one attached hydrogen (secondary N) is 2. The van der Waals surface area contributed by atoms with Gasteiger partial charge >= 0.3 is 0 Å². The predicted molar refractivity (Wildman–Crippen MR) is 81.9 cm³/mol. The van der Waals surface area contributed by atoms with Crippen LogP contribution in [0.2, 0.25) is 0 Å². The van der Waals surface area contributed by atoms with Gasteiger partial charge in [-0.1, -0.05) is 37.1 Å². The van der Waals surface area contributed by atoms with Gasteiger partial charge in [-0.05, 0) is 30.4 Å². The molecule has 1 saturated carbocycles. The van der Waals surface area contributed by atoms with E-state index >= 15 is 0 Å². The van der Waals surface area contributed by atoms with Crippen molar-refractivity contribution in [3.8, 4) is 0 Å². The number of hydrogen-bond acceptors (Lipinski definition) is 3. The number of amides is 1. The lowest BCUT2D eigenvalue weighted by Crippen LogP contribution is -2.45. The molecule has 0 bridgehead atoms. The number of hydrogen-bond donors (Lipinski definition) is 3. The van der Waals surface area contributed by atoms with Gasteiger partial charge in [0.2, 0.25) is 5.91 Å². The fourth-order valence-electron chi connectivity index (χ4n) is 3.63. The Kier molecular flexibility index (Phi) is 4.27. The Morgan fingerprint density at radius 2 is 2.10 bits per heavy atom. The Bertz CT molecular complexity index is 509. The summed E-state index contributed by atoms with van der Waals surface area (Å²) in [7, 11) is 0.